The molecule has 0 radical (unpaired) electrons. The molecule has 0 aliphatic carbocycles. The fourth-order valence-electron chi connectivity index (χ4n) is 1.65. The molecule has 2 aromatic rings. The first kappa shape index (κ1) is 17.8. The molecule has 0 bridgehead atoms. The molecule has 0 spiro atoms. The molecule has 0 saturated heterocycles. The van der Waals surface area contributed by atoms with Crippen molar-refractivity contribution in [2.45, 2.75) is 13.3 Å². The van der Waals surface area contributed by atoms with Crippen LogP contribution in [0.15, 0.2) is 24.3 Å². The average Bonchev–Trinajstić information content (AvgIpc) is 2.48. The van der Waals surface area contributed by atoms with E-state index < -0.39 is 11.4 Å². The summed E-state index contributed by atoms with van der Waals surface area (Å²) in [4.78, 5) is 11.8. The zero-order chi connectivity index (χ0) is 16.8. The van der Waals surface area contributed by atoms with E-state index in [9.17, 15) is 8.76 Å². The molecule has 2 rings (SSSR count). The third kappa shape index (κ3) is 5.26. The summed E-state index contributed by atoms with van der Waals surface area (Å²) in [6, 6.07) is 6.26. The molecule has 124 valence electrons. The van der Waals surface area contributed by atoms with Crippen molar-refractivity contribution in [3.8, 4) is 5.75 Å². The second kappa shape index (κ2) is 8.37. The van der Waals surface area contributed by atoms with Crippen LogP contribution in [0.2, 0.25) is 10.6 Å². The summed E-state index contributed by atoms with van der Waals surface area (Å²) in [7, 11) is 0. The van der Waals surface area contributed by atoms with Gasteiger partial charge in [-0.3, -0.25) is 0 Å². The van der Waals surface area contributed by atoms with E-state index in [1.165, 1.54) is 12.1 Å². The van der Waals surface area contributed by atoms with Crippen LogP contribution in [0.1, 0.15) is 13.3 Å². The lowest BCUT2D eigenvalue weighted by Gasteiger charge is -2.23. The van der Waals surface area contributed by atoms with Crippen LogP contribution < -0.4 is 14.6 Å². The second-order valence-corrected chi connectivity index (χ2v) is 5.45. The van der Waals surface area contributed by atoms with Gasteiger partial charge in [0.15, 0.2) is 0 Å². The highest BCUT2D eigenvalue weighted by molar-refractivity contribution is 7.74. The first-order valence-electron chi connectivity index (χ1n) is 6.48. The van der Waals surface area contributed by atoms with Crippen molar-refractivity contribution in [2.24, 2.45) is 0 Å². The number of nitrogens with one attached hydrogen (secondary N) is 1. The fraction of sp³-hybridized carbons (Fsp3) is 0.250. The van der Waals surface area contributed by atoms with Crippen molar-refractivity contribution in [1.29, 1.82) is 0 Å². The van der Waals surface area contributed by atoms with E-state index in [0.29, 0.717) is 12.2 Å². The van der Waals surface area contributed by atoms with E-state index in [-0.39, 0.29) is 22.3 Å². The van der Waals surface area contributed by atoms with Gasteiger partial charge in [-0.1, -0.05) is 6.92 Å². The Labute approximate surface area is 145 Å². The third-order valence-electron chi connectivity index (χ3n) is 2.55. The zero-order valence-electron chi connectivity index (χ0n) is 11.9. The van der Waals surface area contributed by atoms with Gasteiger partial charge in [-0.15, -0.1) is 0 Å². The Balaban J connectivity index is 2.32. The summed E-state index contributed by atoms with van der Waals surface area (Å²) in [5, 5.41) is 1.50. The maximum Gasteiger partial charge on any atom is 0.250 e. The lowest BCUT2D eigenvalue weighted by molar-refractivity contribution is 0.440. The SMILES string of the molecule is CCCNN(c1ccc(OS(=O)[O-])cc1)c1nc(Cl)nc(Cl)n1. The van der Waals surface area contributed by atoms with Gasteiger partial charge in [0.2, 0.25) is 16.5 Å². The highest BCUT2D eigenvalue weighted by Gasteiger charge is 2.14. The Kier molecular flexibility index (Phi) is 6.48. The summed E-state index contributed by atoms with van der Waals surface area (Å²) in [5.41, 5.74) is 3.76. The fourth-order valence-corrected chi connectivity index (χ4v) is 2.27. The number of hydrogen-bond donors (Lipinski definition) is 1. The summed E-state index contributed by atoms with van der Waals surface area (Å²) in [5.74, 6) is 0.397. The smallest absolute Gasteiger partial charge is 0.250 e. The van der Waals surface area contributed by atoms with Crippen LogP contribution in [-0.4, -0.2) is 30.3 Å². The minimum Gasteiger partial charge on any atom is -0.740 e. The molecule has 1 aromatic heterocycles. The number of anilines is 2. The highest BCUT2D eigenvalue weighted by atomic mass is 35.5. The molecular weight excluding hydrogens is 365 g/mol. The summed E-state index contributed by atoms with van der Waals surface area (Å²) < 4.78 is 25.6. The molecule has 1 heterocycles. The minimum atomic E-state index is -2.63. The van der Waals surface area contributed by atoms with E-state index >= 15 is 0 Å². The van der Waals surface area contributed by atoms with E-state index in [1.54, 1.807) is 17.1 Å². The molecule has 0 amide bonds. The van der Waals surface area contributed by atoms with Crippen molar-refractivity contribution < 1.29 is 12.9 Å². The molecule has 23 heavy (non-hydrogen) atoms. The topological polar surface area (TPSA) is 103 Å². The molecule has 8 nitrogen and oxygen atoms in total. The van der Waals surface area contributed by atoms with Gasteiger partial charge in [0.1, 0.15) is 17.1 Å². The summed E-state index contributed by atoms with van der Waals surface area (Å²) in [6.45, 7) is 2.64. The van der Waals surface area contributed by atoms with Crippen LogP contribution >= 0.6 is 23.2 Å². The van der Waals surface area contributed by atoms with Gasteiger partial charge in [0.05, 0.1) is 5.69 Å². The van der Waals surface area contributed by atoms with Crippen LogP contribution in [0.5, 0.6) is 5.75 Å². The zero-order valence-corrected chi connectivity index (χ0v) is 14.2. The maximum absolute atomic E-state index is 10.5. The standard InChI is InChI=1S/C12H13Cl2N5O3S/c1-2-7-15-19(12-17-10(13)16-11(14)18-12)8-3-5-9(6-4-8)22-23(20)21/h3-6,15H,2,7H2,1H3,(H,20,21)/p-1. The molecule has 1 aromatic carbocycles. The van der Waals surface area contributed by atoms with Crippen molar-refractivity contribution in [3.63, 3.8) is 0 Å². The van der Waals surface area contributed by atoms with Crippen LogP contribution in [0.4, 0.5) is 11.6 Å². The Morgan fingerprint density at radius 2 is 1.83 bits per heavy atom. The van der Waals surface area contributed by atoms with Crippen molar-refractivity contribution in [3.05, 3.63) is 34.8 Å². The number of halogens is 2. The molecule has 0 aliphatic rings. The Hall–Kier alpha value is -1.52. The van der Waals surface area contributed by atoms with Gasteiger partial charge >= 0.3 is 0 Å². The number of aromatic nitrogens is 3. The van der Waals surface area contributed by atoms with Gasteiger partial charge in [-0.05, 0) is 53.9 Å². The molecule has 1 unspecified atom stereocenters. The Morgan fingerprint density at radius 1 is 1.22 bits per heavy atom. The molecule has 0 aliphatic heterocycles. The summed E-state index contributed by atoms with van der Waals surface area (Å²) >= 11 is 8.99. The van der Waals surface area contributed by atoms with Crippen molar-refractivity contribution in [2.75, 3.05) is 11.6 Å². The normalized spacial score (nSPS) is 12.0. The number of hydrogen-bond acceptors (Lipinski definition) is 8. The second-order valence-electron chi connectivity index (χ2n) is 4.20. The molecule has 1 N–H and O–H groups in total. The van der Waals surface area contributed by atoms with Crippen LogP contribution in [-0.2, 0) is 11.4 Å². The largest absolute Gasteiger partial charge is 0.740 e. The minimum absolute atomic E-state index is 0.0370. The number of rotatable bonds is 7. The summed E-state index contributed by atoms with van der Waals surface area (Å²) in [6.07, 6.45) is 0.861. The predicted molar refractivity (Wildman–Crippen MR) is 86.3 cm³/mol. The number of benzene rings is 1. The number of nitrogens with zero attached hydrogens (tertiary/aromatic N) is 4. The van der Waals surface area contributed by atoms with E-state index in [2.05, 4.69) is 24.6 Å². The first-order valence-corrected chi connectivity index (χ1v) is 8.23. The Morgan fingerprint density at radius 3 is 2.35 bits per heavy atom. The molecule has 11 heteroatoms. The molecule has 0 fully saturated rings. The number of hydrazine groups is 1. The monoisotopic (exact) mass is 376 g/mol. The lowest BCUT2D eigenvalue weighted by Crippen LogP contribution is -2.35. The predicted octanol–water partition coefficient (Wildman–Crippen LogP) is 2.40. The highest BCUT2D eigenvalue weighted by Crippen LogP contribution is 2.24. The van der Waals surface area contributed by atoms with Crippen LogP contribution in [0.3, 0.4) is 0 Å². The maximum atomic E-state index is 10.5. The van der Waals surface area contributed by atoms with Gasteiger partial charge < -0.3 is 8.74 Å². The van der Waals surface area contributed by atoms with E-state index in [4.69, 9.17) is 23.2 Å². The van der Waals surface area contributed by atoms with Gasteiger partial charge in [-0.2, -0.15) is 15.0 Å². The first-order chi connectivity index (χ1) is 11.0. The van der Waals surface area contributed by atoms with Crippen molar-refractivity contribution >= 4 is 46.2 Å². The average molecular weight is 377 g/mol. The van der Waals surface area contributed by atoms with E-state index in [1.807, 2.05) is 6.92 Å². The van der Waals surface area contributed by atoms with Gasteiger partial charge in [-0.25, -0.2) is 14.6 Å². The van der Waals surface area contributed by atoms with Gasteiger partial charge in [0.25, 0.3) is 0 Å². The Bertz CT molecular complexity index is 669. The molecule has 1 atom stereocenters. The third-order valence-corrected chi connectivity index (χ3v) is 3.21. The lowest BCUT2D eigenvalue weighted by atomic mass is 10.3. The van der Waals surface area contributed by atoms with Crippen LogP contribution in [0, 0.1) is 0 Å². The molecular formula is C12H12Cl2N5O3S-. The van der Waals surface area contributed by atoms with Crippen molar-refractivity contribution in [1.82, 2.24) is 20.4 Å². The van der Waals surface area contributed by atoms with E-state index in [0.717, 1.165) is 6.42 Å². The molecule has 0 saturated carbocycles. The van der Waals surface area contributed by atoms with Gasteiger partial charge in [0, 0.05) is 6.54 Å². The van der Waals surface area contributed by atoms with Crippen LogP contribution in [0.25, 0.3) is 0 Å². The quantitative estimate of drug-likeness (QED) is 0.580.